The van der Waals surface area contributed by atoms with E-state index in [0.717, 1.165) is 0 Å². The molecule has 1 heterocycles. The van der Waals surface area contributed by atoms with Gasteiger partial charge in [-0.3, -0.25) is 0 Å². The number of rotatable bonds is 3. The Morgan fingerprint density at radius 3 is 2.95 bits per heavy atom. The number of nitrogen functional groups attached to an aromatic ring is 1. The molecule has 0 fully saturated rings. The number of hydrogen-bond acceptors (Lipinski definition) is 5. The first-order chi connectivity index (χ1) is 9.56. The quantitative estimate of drug-likeness (QED) is 0.874. The largest absolute Gasteiger partial charge is 0.461 e. The zero-order valence-corrected chi connectivity index (χ0v) is 11.4. The number of nitriles is 1. The van der Waals surface area contributed by atoms with Crippen molar-refractivity contribution in [3.63, 3.8) is 0 Å². The molecule has 1 aromatic carbocycles. The molecule has 20 heavy (non-hydrogen) atoms. The molecule has 2 rings (SSSR count). The molecule has 7 heteroatoms. The smallest absolute Gasteiger partial charge is 0.361 e. The first-order valence-corrected chi connectivity index (χ1v) is 6.17. The molecule has 0 unspecified atom stereocenters. The lowest BCUT2D eigenvalue weighted by Crippen LogP contribution is -2.08. The monoisotopic (exact) mass is 290 g/mol. The fourth-order valence-corrected chi connectivity index (χ4v) is 1.90. The van der Waals surface area contributed by atoms with Crippen molar-refractivity contribution in [1.82, 2.24) is 9.78 Å². The SMILES string of the molecule is CCOC(=O)c1nn(-c2ccc(C#N)cc2Cl)cc1N. The van der Waals surface area contributed by atoms with Gasteiger partial charge < -0.3 is 10.5 Å². The maximum absolute atomic E-state index is 11.6. The average molecular weight is 291 g/mol. The molecule has 0 atom stereocenters. The normalized spacial score (nSPS) is 10.1. The highest BCUT2D eigenvalue weighted by Gasteiger charge is 2.17. The van der Waals surface area contributed by atoms with E-state index in [1.54, 1.807) is 19.1 Å². The van der Waals surface area contributed by atoms with Crippen LogP contribution < -0.4 is 5.73 Å². The van der Waals surface area contributed by atoms with Gasteiger partial charge in [-0.2, -0.15) is 10.4 Å². The Balaban J connectivity index is 2.42. The molecule has 0 amide bonds. The van der Waals surface area contributed by atoms with Crippen molar-refractivity contribution in [2.75, 3.05) is 12.3 Å². The number of ether oxygens (including phenoxy) is 1. The van der Waals surface area contributed by atoms with Crippen molar-refractivity contribution in [3.05, 3.63) is 40.7 Å². The van der Waals surface area contributed by atoms with Gasteiger partial charge in [0.05, 0.1) is 40.8 Å². The summed E-state index contributed by atoms with van der Waals surface area (Å²) in [5.74, 6) is -0.589. The Bertz CT molecular complexity index is 703. The van der Waals surface area contributed by atoms with Crippen LogP contribution in [-0.2, 0) is 4.74 Å². The summed E-state index contributed by atoms with van der Waals surface area (Å²) in [5.41, 5.74) is 6.92. The standard InChI is InChI=1S/C13H11ClN4O2/c1-2-20-13(19)12-10(16)7-18(17-12)11-4-3-8(6-15)5-9(11)14/h3-5,7H,2,16H2,1H3. The van der Waals surface area contributed by atoms with Crippen LogP contribution in [0.25, 0.3) is 5.69 Å². The van der Waals surface area contributed by atoms with Crippen molar-refractivity contribution in [3.8, 4) is 11.8 Å². The number of aromatic nitrogens is 2. The summed E-state index contributed by atoms with van der Waals surface area (Å²) in [4.78, 5) is 11.6. The Labute approximate surface area is 120 Å². The first kappa shape index (κ1) is 13.9. The Kier molecular flexibility index (Phi) is 3.91. The van der Waals surface area contributed by atoms with Crippen LogP contribution in [0.3, 0.4) is 0 Å². The van der Waals surface area contributed by atoms with Crippen LogP contribution in [0.15, 0.2) is 24.4 Å². The van der Waals surface area contributed by atoms with Crippen molar-refractivity contribution in [2.24, 2.45) is 0 Å². The maximum Gasteiger partial charge on any atom is 0.361 e. The highest BCUT2D eigenvalue weighted by atomic mass is 35.5. The lowest BCUT2D eigenvalue weighted by molar-refractivity contribution is 0.0520. The Hall–Kier alpha value is -2.52. The number of halogens is 1. The van der Waals surface area contributed by atoms with Crippen LogP contribution in [0.2, 0.25) is 5.02 Å². The van der Waals surface area contributed by atoms with E-state index in [0.29, 0.717) is 16.3 Å². The molecule has 0 saturated heterocycles. The lowest BCUT2D eigenvalue weighted by Gasteiger charge is -2.04. The van der Waals surface area contributed by atoms with Crippen molar-refractivity contribution in [2.45, 2.75) is 6.92 Å². The summed E-state index contributed by atoms with van der Waals surface area (Å²) < 4.78 is 6.23. The van der Waals surface area contributed by atoms with E-state index in [1.165, 1.54) is 16.9 Å². The minimum atomic E-state index is -0.589. The summed E-state index contributed by atoms with van der Waals surface area (Å²) in [6, 6.07) is 6.73. The first-order valence-electron chi connectivity index (χ1n) is 5.79. The van der Waals surface area contributed by atoms with Crippen LogP contribution in [-0.4, -0.2) is 22.4 Å². The number of esters is 1. The fraction of sp³-hybridized carbons (Fsp3) is 0.154. The number of nitrogens with two attached hydrogens (primary N) is 1. The average Bonchev–Trinajstić information content (AvgIpc) is 2.80. The molecule has 0 aliphatic carbocycles. The van der Waals surface area contributed by atoms with E-state index in [-0.39, 0.29) is 18.0 Å². The predicted molar refractivity (Wildman–Crippen MR) is 73.7 cm³/mol. The number of hydrogen-bond donors (Lipinski definition) is 1. The Morgan fingerprint density at radius 2 is 2.35 bits per heavy atom. The fourth-order valence-electron chi connectivity index (χ4n) is 1.63. The molecule has 6 nitrogen and oxygen atoms in total. The van der Waals surface area contributed by atoms with Gasteiger partial charge in [-0.25, -0.2) is 9.48 Å². The summed E-state index contributed by atoms with van der Waals surface area (Å²) in [7, 11) is 0. The molecule has 0 spiro atoms. The lowest BCUT2D eigenvalue weighted by atomic mass is 10.2. The molecule has 0 aliphatic rings. The van der Waals surface area contributed by atoms with Crippen LogP contribution >= 0.6 is 11.6 Å². The third-order valence-electron chi connectivity index (χ3n) is 2.53. The topological polar surface area (TPSA) is 93.9 Å². The van der Waals surface area contributed by atoms with Gasteiger partial charge in [0.1, 0.15) is 0 Å². The second kappa shape index (κ2) is 5.63. The number of benzene rings is 1. The van der Waals surface area contributed by atoms with Crippen LogP contribution in [0.4, 0.5) is 5.69 Å². The molecule has 1 aromatic heterocycles. The summed E-state index contributed by atoms with van der Waals surface area (Å²) in [5, 5.41) is 13.2. The summed E-state index contributed by atoms with van der Waals surface area (Å²) >= 11 is 6.08. The molecule has 102 valence electrons. The zero-order valence-electron chi connectivity index (χ0n) is 10.6. The molecule has 0 aliphatic heterocycles. The van der Waals surface area contributed by atoms with Gasteiger partial charge in [-0.05, 0) is 25.1 Å². The van der Waals surface area contributed by atoms with E-state index in [9.17, 15) is 4.79 Å². The highest BCUT2D eigenvalue weighted by Crippen LogP contribution is 2.23. The predicted octanol–water partition coefficient (Wildman–Crippen LogP) is 2.16. The number of carbonyl (C=O) groups excluding carboxylic acids is 1. The second-order valence-corrected chi connectivity index (χ2v) is 4.28. The third kappa shape index (κ3) is 2.58. The molecule has 0 saturated carbocycles. The van der Waals surface area contributed by atoms with Gasteiger partial charge in [-0.15, -0.1) is 0 Å². The van der Waals surface area contributed by atoms with E-state index in [2.05, 4.69) is 5.10 Å². The van der Waals surface area contributed by atoms with Crippen LogP contribution in [0, 0.1) is 11.3 Å². The molecule has 0 bridgehead atoms. The van der Waals surface area contributed by atoms with Gasteiger partial charge in [0, 0.05) is 0 Å². The van der Waals surface area contributed by atoms with E-state index in [4.69, 9.17) is 27.3 Å². The number of carbonyl (C=O) groups is 1. The molecular weight excluding hydrogens is 280 g/mol. The molecule has 0 radical (unpaired) electrons. The second-order valence-electron chi connectivity index (χ2n) is 3.88. The molecular formula is C13H11ClN4O2. The van der Waals surface area contributed by atoms with E-state index < -0.39 is 5.97 Å². The number of anilines is 1. The summed E-state index contributed by atoms with van der Waals surface area (Å²) in [6.07, 6.45) is 1.47. The van der Waals surface area contributed by atoms with Crippen molar-refractivity contribution >= 4 is 23.3 Å². The van der Waals surface area contributed by atoms with Crippen molar-refractivity contribution < 1.29 is 9.53 Å². The highest BCUT2D eigenvalue weighted by molar-refractivity contribution is 6.32. The van der Waals surface area contributed by atoms with Gasteiger partial charge in [0.25, 0.3) is 0 Å². The number of nitrogens with zero attached hydrogens (tertiary/aromatic N) is 3. The van der Waals surface area contributed by atoms with Crippen LogP contribution in [0.5, 0.6) is 0 Å². The molecule has 2 N–H and O–H groups in total. The summed E-state index contributed by atoms with van der Waals surface area (Å²) in [6.45, 7) is 1.94. The van der Waals surface area contributed by atoms with E-state index >= 15 is 0 Å². The van der Waals surface area contributed by atoms with Gasteiger partial charge in [-0.1, -0.05) is 11.6 Å². The van der Waals surface area contributed by atoms with Crippen molar-refractivity contribution in [1.29, 1.82) is 5.26 Å². The van der Waals surface area contributed by atoms with E-state index in [1.807, 2.05) is 6.07 Å². The third-order valence-corrected chi connectivity index (χ3v) is 2.84. The van der Waals surface area contributed by atoms with Crippen LogP contribution in [0.1, 0.15) is 23.0 Å². The zero-order chi connectivity index (χ0) is 14.7. The van der Waals surface area contributed by atoms with Gasteiger partial charge >= 0.3 is 5.97 Å². The Morgan fingerprint density at radius 1 is 1.60 bits per heavy atom. The molecule has 2 aromatic rings. The minimum absolute atomic E-state index is 0.0345. The minimum Gasteiger partial charge on any atom is -0.461 e. The van der Waals surface area contributed by atoms with Gasteiger partial charge in [0.15, 0.2) is 5.69 Å². The van der Waals surface area contributed by atoms with Gasteiger partial charge in [0.2, 0.25) is 0 Å². The maximum atomic E-state index is 11.6.